The van der Waals surface area contributed by atoms with Crippen molar-refractivity contribution >= 4 is 11.8 Å². The van der Waals surface area contributed by atoms with Crippen LogP contribution in [-0.2, 0) is 9.53 Å². The predicted octanol–water partition coefficient (Wildman–Crippen LogP) is 2.77. The van der Waals surface area contributed by atoms with Crippen molar-refractivity contribution in [3.05, 3.63) is 35.4 Å². The van der Waals surface area contributed by atoms with Gasteiger partial charge in [-0.1, -0.05) is 36.8 Å². The molecule has 0 spiro atoms. The second-order valence-electron chi connectivity index (χ2n) is 4.38. The maximum atomic E-state index is 11.9. The van der Waals surface area contributed by atoms with Crippen molar-refractivity contribution in [2.75, 3.05) is 7.11 Å². The zero-order valence-electron chi connectivity index (χ0n) is 10.5. The summed E-state index contributed by atoms with van der Waals surface area (Å²) in [6, 6.07) is 7.47. The summed E-state index contributed by atoms with van der Waals surface area (Å²) in [5, 5.41) is 0. The van der Waals surface area contributed by atoms with Gasteiger partial charge in [-0.15, -0.1) is 0 Å². The van der Waals surface area contributed by atoms with Gasteiger partial charge in [0, 0.05) is 18.4 Å². The van der Waals surface area contributed by atoms with Crippen LogP contribution in [0.15, 0.2) is 24.3 Å². The van der Waals surface area contributed by atoms with Crippen LogP contribution in [0.3, 0.4) is 0 Å². The van der Waals surface area contributed by atoms with Crippen molar-refractivity contribution in [1.29, 1.82) is 0 Å². The van der Waals surface area contributed by atoms with E-state index in [4.69, 9.17) is 0 Å². The molecule has 0 fully saturated rings. The third kappa shape index (κ3) is 4.39. The third-order valence-electron chi connectivity index (χ3n) is 2.65. The number of hydrogen-bond donors (Lipinski definition) is 0. The lowest BCUT2D eigenvalue weighted by molar-refractivity contribution is -0.141. The first-order valence-electron chi connectivity index (χ1n) is 5.69. The molecule has 1 aromatic rings. The zero-order chi connectivity index (χ0) is 12.8. The molecular weight excluding hydrogens is 216 g/mol. The largest absolute Gasteiger partial charge is 0.469 e. The fourth-order valence-electron chi connectivity index (χ4n) is 1.61. The van der Waals surface area contributed by atoms with Crippen molar-refractivity contribution in [3.8, 4) is 0 Å². The maximum Gasteiger partial charge on any atom is 0.305 e. The van der Waals surface area contributed by atoms with E-state index in [0.29, 0.717) is 12.0 Å². The summed E-state index contributed by atoms with van der Waals surface area (Å²) in [5.41, 5.74) is 1.83. The van der Waals surface area contributed by atoms with E-state index >= 15 is 0 Å². The van der Waals surface area contributed by atoms with Crippen LogP contribution in [0.2, 0.25) is 0 Å². The Morgan fingerprint density at radius 3 is 2.29 bits per heavy atom. The molecule has 0 saturated heterocycles. The Bertz CT molecular complexity index is 392. The number of esters is 1. The van der Waals surface area contributed by atoms with Gasteiger partial charge < -0.3 is 4.74 Å². The first kappa shape index (κ1) is 13.4. The van der Waals surface area contributed by atoms with Crippen LogP contribution in [0, 0.1) is 12.8 Å². The molecule has 0 unspecified atom stereocenters. The highest BCUT2D eigenvalue weighted by Gasteiger charge is 2.14. The lowest BCUT2D eigenvalue weighted by atomic mass is 9.97. The molecule has 0 aliphatic carbocycles. The number of carbonyl (C=O) groups is 2. The number of benzene rings is 1. The van der Waals surface area contributed by atoms with Crippen LogP contribution >= 0.6 is 0 Å². The smallest absolute Gasteiger partial charge is 0.305 e. The van der Waals surface area contributed by atoms with E-state index in [1.165, 1.54) is 7.11 Å². The molecule has 0 aliphatic rings. The Hall–Kier alpha value is -1.64. The van der Waals surface area contributed by atoms with E-state index in [1.54, 1.807) is 0 Å². The normalized spacial score (nSPS) is 11.9. The molecule has 3 nitrogen and oxygen atoms in total. The minimum absolute atomic E-state index is 0.0104. The van der Waals surface area contributed by atoms with Gasteiger partial charge in [-0.25, -0.2) is 0 Å². The highest BCUT2D eigenvalue weighted by Crippen LogP contribution is 2.14. The Kier molecular flexibility index (Phi) is 4.88. The number of carbonyl (C=O) groups excluding carboxylic acids is 2. The molecule has 0 bridgehead atoms. The lowest BCUT2D eigenvalue weighted by Gasteiger charge is -2.09. The summed E-state index contributed by atoms with van der Waals surface area (Å²) in [6.45, 7) is 3.86. The van der Waals surface area contributed by atoms with E-state index in [2.05, 4.69) is 4.74 Å². The Morgan fingerprint density at radius 2 is 1.76 bits per heavy atom. The van der Waals surface area contributed by atoms with E-state index in [1.807, 2.05) is 38.1 Å². The molecule has 1 atom stereocenters. The average Bonchev–Trinajstić information content (AvgIpc) is 2.29. The SMILES string of the molecule is COC(=O)C[C@H](C)CC(=O)c1ccc(C)cc1. The molecule has 0 saturated carbocycles. The Morgan fingerprint density at radius 1 is 1.18 bits per heavy atom. The van der Waals surface area contributed by atoms with E-state index < -0.39 is 0 Å². The predicted molar refractivity (Wildman–Crippen MR) is 65.9 cm³/mol. The van der Waals surface area contributed by atoms with Gasteiger partial charge >= 0.3 is 5.97 Å². The van der Waals surface area contributed by atoms with E-state index in [0.717, 1.165) is 5.56 Å². The van der Waals surface area contributed by atoms with Crippen LogP contribution < -0.4 is 0 Å². The summed E-state index contributed by atoms with van der Waals surface area (Å²) < 4.78 is 4.57. The molecule has 0 heterocycles. The van der Waals surface area contributed by atoms with Crippen LogP contribution in [0.25, 0.3) is 0 Å². The standard InChI is InChI=1S/C14H18O3/c1-10-4-6-12(7-5-10)13(15)8-11(2)9-14(16)17-3/h4-7,11H,8-9H2,1-3H3/t11-/m1/s1. The number of aryl methyl sites for hydroxylation is 1. The van der Waals surface area contributed by atoms with Crippen LogP contribution in [0.5, 0.6) is 0 Å². The summed E-state index contributed by atoms with van der Waals surface area (Å²) in [4.78, 5) is 22.9. The van der Waals surface area contributed by atoms with Crippen LogP contribution in [-0.4, -0.2) is 18.9 Å². The second-order valence-corrected chi connectivity index (χ2v) is 4.38. The zero-order valence-corrected chi connectivity index (χ0v) is 10.5. The second kappa shape index (κ2) is 6.18. The third-order valence-corrected chi connectivity index (χ3v) is 2.65. The van der Waals surface area contributed by atoms with Gasteiger partial charge in [0.1, 0.15) is 0 Å². The number of ketones is 1. The number of hydrogen-bond acceptors (Lipinski definition) is 3. The molecule has 17 heavy (non-hydrogen) atoms. The number of ether oxygens (including phenoxy) is 1. The molecule has 92 valence electrons. The average molecular weight is 234 g/mol. The maximum absolute atomic E-state index is 11.9. The van der Waals surface area contributed by atoms with Crippen LogP contribution in [0.4, 0.5) is 0 Å². The molecule has 0 aromatic heterocycles. The minimum Gasteiger partial charge on any atom is -0.469 e. The van der Waals surface area contributed by atoms with Crippen LogP contribution in [0.1, 0.15) is 35.7 Å². The lowest BCUT2D eigenvalue weighted by Crippen LogP contribution is -2.11. The Balaban J connectivity index is 2.54. The van der Waals surface area contributed by atoms with Gasteiger partial charge in [0.2, 0.25) is 0 Å². The molecule has 1 rings (SSSR count). The molecule has 0 amide bonds. The number of Topliss-reactive ketones (excluding diaryl/α,β-unsaturated/α-hetero) is 1. The van der Waals surface area contributed by atoms with Gasteiger partial charge in [-0.05, 0) is 12.8 Å². The van der Waals surface area contributed by atoms with Gasteiger partial charge in [-0.3, -0.25) is 9.59 Å². The fraction of sp³-hybridized carbons (Fsp3) is 0.429. The molecule has 1 aromatic carbocycles. The highest BCUT2D eigenvalue weighted by molar-refractivity contribution is 5.96. The summed E-state index contributed by atoms with van der Waals surface area (Å²) >= 11 is 0. The minimum atomic E-state index is -0.269. The van der Waals surface area contributed by atoms with Gasteiger partial charge in [0.25, 0.3) is 0 Å². The van der Waals surface area contributed by atoms with Crippen molar-refractivity contribution in [2.24, 2.45) is 5.92 Å². The van der Waals surface area contributed by atoms with Crippen molar-refractivity contribution in [3.63, 3.8) is 0 Å². The van der Waals surface area contributed by atoms with Gasteiger partial charge in [0.15, 0.2) is 5.78 Å². The van der Waals surface area contributed by atoms with Crippen molar-refractivity contribution in [1.82, 2.24) is 0 Å². The molecular formula is C14H18O3. The molecule has 0 radical (unpaired) electrons. The summed E-state index contributed by atoms with van der Waals surface area (Å²) in [7, 11) is 1.36. The number of rotatable bonds is 5. The quantitative estimate of drug-likeness (QED) is 0.581. The van der Waals surface area contributed by atoms with E-state index in [-0.39, 0.29) is 24.1 Å². The molecule has 0 aliphatic heterocycles. The van der Waals surface area contributed by atoms with Crippen molar-refractivity contribution in [2.45, 2.75) is 26.7 Å². The summed E-state index contributed by atoms with van der Waals surface area (Å²) in [5.74, 6) is -0.188. The van der Waals surface area contributed by atoms with Gasteiger partial charge in [0.05, 0.1) is 7.11 Å². The molecule has 0 N–H and O–H groups in total. The first-order valence-corrected chi connectivity index (χ1v) is 5.69. The highest BCUT2D eigenvalue weighted by atomic mass is 16.5. The number of methoxy groups -OCH3 is 1. The van der Waals surface area contributed by atoms with E-state index in [9.17, 15) is 9.59 Å². The topological polar surface area (TPSA) is 43.4 Å². The fourth-order valence-corrected chi connectivity index (χ4v) is 1.61. The Labute approximate surface area is 102 Å². The first-order chi connectivity index (χ1) is 8.02. The van der Waals surface area contributed by atoms with Crippen molar-refractivity contribution < 1.29 is 14.3 Å². The van der Waals surface area contributed by atoms with Gasteiger partial charge in [-0.2, -0.15) is 0 Å². The monoisotopic (exact) mass is 234 g/mol. The summed E-state index contributed by atoms with van der Waals surface area (Å²) in [6.07, 6.45) is 0.659. The molecule has 3 heteroatoms.